The second-order valence-corrected chi connectivity index (χ2v) is 8.31. The number of nitrogens with one attached hydrogen (secondary N) is 3. The van der Waals surface area contributed by atoms with Gasteiger partial charge in [-0.2, -0.15) is 0 Å². The van der Waals surface area contributed by atoms with Crippen molar-refractivity contribution in [3.8, 4) is 0 Å². The van der Waals surface area contributed by atoms with Gasteiger partial charge in [0.2, 0.25) is 5.43 Å². The fourth-order valence-corrected chi connectivity index (χ4v) is 3.99. The molecule has 0 unspecified atom stereocenters. The number of H-pyrrole nitrogens is 1. The van der Waals surface area contributed by atoms with Crippen molar-refractivity contribution in [2.45, 2.75) is 18.2 Å². The Kier molecular flexibility index (Phi) is 7.03. The summed E-state index contributed by atoms with van der Waals surface area (Å²) in [7, 11) is -4.16. The first-order valence-electron chi connectivity index (χ1n) is 9.62. The second-order valence-electron chi connectivity index (χ2n) is 6.63. The number of sulfonamides is 1. The highest BCUT2D eigenvalue weighted by Gasteiger charge is 2.19. The normalized spacial score (nSPS) is 11.4. The molecule has 3 aromatic rings. The van der Waals surface area contributed by atoms with Crippen LogP contribution in [0.25, 0.3) is 10.9 Å². The number of anilines is 1. The number of amides is 1. The quantitative estimate of drug-likeness (QED) is 0.436. The molecule has 2 aromatic carbocycles. The summed E-state index contributed by atoms with van der Waals surface area (Å²) < 4.78 is 46.5. The molecule has 0 fully saturated rings. The highest BCUT2D eigenvalue weighted by molar-refractivity contribution is 7.92. The van der Waals surface area contributed by atoms with Gasteiger partial charge in [0.1, 0.15) is 11.4 Å². The van der Waals surface area contributed by atoms with Crippen LogP contribution in [-0.4, -0.2) is 39.1 Å². The Balaban J connectivity index is 1.87. The minimum Gasteiger partial charge on any atom is -0.382 e. The van der Waals surface area contributed by atoms with Crippen molar-refractivity contribution in [3.05, 3.63) is 70.3 Å². The number of aromatic nitrogens is 1. The van der Waals surface area contributed by atoms with E-state index in [2.05, 4.69) is 15.0 Å². The van der Waals surface area contributed by atoms with Gasteiger partial charge in [-0.15, -0.1) is 0 Å². The SMILES string of the molecule is CCOCCCNC(=O)c1c[nH]c2ccc(S(=O)(=O)Nc3ccccc3F)cc2c1=O. The zero-order valence-corrected chi connectivity index (χ0v) is 17.6. The van der Waals surface area contributed by atoms with Crippen molar-refractivity contribution in [2.24, 2.45) is 0 Å². The first kappa shape index (κ1) is 22.4. The fourth-order valence-electron chi connectivity index (χ4n) is 2.90. The van der Waals surface area contributed by atoms with Crippen LogP contribution in [0.1, 0.15) is 23.7 Å². The van der Waals surface area contributed by atoms with Crippen LogP contribution in [0.5, 0.6) is 0 Å². The smallest absolute Gasteiger partial charge is 0.262 e. The Morgan fingerprint density at radius 2 is 1.97 bits per heavy atom. The van der Waals surface area contributed by atoms with Crippen LogP contribution in [0.4, 0.5) is 10.1 Å². The lowest BCUT2D eigenvalue weighted by atomic mass is 10.1. The van der Waals surface area contributed by atoms with Crippen LogP contribution in [0.15, 0.2) is 58.4 Å². The van der Waals surface area contributed by atoms with E-state index in [-0.39, 0.29) is 21.5 Å². The number of carbonyl (C=O) groups is 1. The first-order chi connectivity index (χ1) is 14.8. The molecular weight excluding hydrogens is 425 g/mol. The average Bonchev–Trinajstić information content (AvgIpc) is 2.75. The maximum atomic E-state index is 13.8. The number of para-hydroxylation sites is 1. The minimum absolute atomic E-state index is 0.0263. The van der Waals surface area contributed by atoms with Gasteiger partial charge in [0.25, 0.3) is 15.9 Å². The number of ether oxygens (including phenoxy) is 1. The van der Waals surface area contributed by atoms with Crippen LogP contribution >= 0.6 is 0 Å². The number of hydrogen-bond donors (Lipinski definition) is 3. The van der Waals surface area contributed by atoms with Crippen molar-refractivity contribution < 1.29 is 22.3 Å². The van der Waals surface area contributed by atoms with E-state index in [1.807, 2.05) is 6.92 Å². The summed E-state index contributed by atoms with van der Waals surface area (Å²) in [5.74, 6) is -1.30. The van der Waals surface area contributed by atoms with Crippen LogP contribution in [-0.2, 0) is 14.8 Å². The van der Waals surface area contributed by atoms with Gasteiger partial charge in [0.05, 0.1) is 10.6 Å². The van der Waals surface area contributed by atoms with E-state index >= 15 is 0 Å². The molecule has 1 heterocycles. The molecule has 0 aliphatic rings. The molecule has 0 spiro atoms. The average molecular weight is 447 g/mol. The molecule has 1 aromatic heterocycles. The molecule has 3 rings (SSSR count). The van der Waals surface area contributed by atoms with Crippen molar-refractivity contribution in [1.82, 2.24) is 10.3 Å². The van der Waals surface area contributed by atoms with Crippen molar-refractivity contribution in [2.75, 3.05) is 24.5 Å². The van der Waals surface area contributed by atoms with Crippen molar-refractivity contribution in [3.63, 3.8) is 0 Å². The predicted molar refractivity (Wildman–Crippen MR) is 115 cm³/mol. The van der Waals surface area contributed by atoms with Crippen molar-refractivity contribution >= 4 is 32.5 Å². The summed E-state index contributed by atoms with van der Waals surface area (Å²) in [6, 6.07) is 9.20. The Bertz CT molecular complexity index is 1260. The maximum Gasteiger partial charge on any atom is 0.262 e. The standard InChI is InChI=1S/C21H22FN3O5S/c1-2-30-11-5-10-23-21(27)16-13-24-18-9-8-14(12-15(18)20(16)26)31(28,29)25-19-7-4-3-6-17(19)22/h3-4,6-9,12-13,25H,2,5,10-11H2,1H3,(H,23,27)(H,24,26). The Morgan fingerprint density at radius 3 is 2.71 bits per heavy atom. The molecule has 3 N–H and O–H groups in total. The Labute approximate surface area is 178 Å². The van der Waals surface area contributed by atoms with Crippen LogP contribution < -0.4 is 15.5 Å². The molecule has 164 valence electrons. The van der Waals surface area contributed by atoms with Gasteiger partial charge in [-0.3, -0.25) is 14.3 Å². The van der Waals surface area contributed by atoms with Gasteiger partial charge in [-0.1, -0.05) is 12.1 Å². The summed E-state index contributed by atoms with van der Waals surface area (Å²) in [4.78, 5) is 27.8. The Morgan fingerprint density at radius 1 is 1.19 bits per heavy atom. The molecule has 8 nitrogen and oxygen atoms in total. The number of hydrogen-bond acceptors (Lipinski definition) is 5. The van der Waals surface area contributed by atoms with Gasteiger partial charge in [-0.05, 0) is 43.7 Å². The fraction of sp³-hybridized carbons (Fsp3) is 0.238. The lowest BCUT2D eigenvalue weighted by molar-refractivity contribution is 0.0943. The van der Waals surface area contributed by atoms with Gasteiger partial charge in [-0.25, -0.2) is 12.8 Å². The van der Waals surface area contributed by atoms with E-state index in [0.29, 0.717) is 31.7 Å². The lowest BCUT2D eigenvalue weighted by Crippen LogP contribution is -2.30. The maximum absolute atomic E-state index is 13.8. The molecule has 0 aliphatic heterocycles. The monoisotopic (exact) mass is 447 g/mol. The third kappa shape index (κ3) is 5.28. The third-order valence-electron chi connectivity index (χ3n) is 4.48. The minimum atomic E-state index is -4.16. The molecule has 31 heavy (non-hydrogen) atoms. The number of pyridine rings is 1. The van der Waals surface area contributed by atoms with Crippen LogP contribution in [0.3, 0.4) is 0 Å². The number of fused-ring (bicyclic) bond motifs is 1. The van der Waals surface area contributed by atoms with E-state index in [9.17, 15) is 22.4 Å². The molecule has 0 bridgehead atoms. The summed E-state index contributed by atoms with van der Waals surface area (Å²) in [5, 5.41) is 2.66. The molecular formula is C21H22FN3O5S. The van der Waals surface area contributed by atoms with E-state index in [4.69, 9.17) is 4.74 Å². The molecule has 0 saturated heterocycles. The van der Waals surface area contributed by atoms with Gasteiger partial charge in [0.15, 0.2) is 0 Å². The second kappa shape index (κ2) is 9.71. The van der Waals surface area contributed by atoms with Crippen LogP contribution in [0.2, 0.25) is 0 Å². The summed E-state index contributed by atoms with van der Waals surface area (Å²) in [6.07, 6.45) is 1.88. The number of carbonyl (C=O) groups excluding carboxylic acids is 1. The molecule has 1 amide bonds. The number of aromatic amines is 1. The van der Waals surface area contributed by atoms with E-state index < -0.39 is 27.2 Å². The number of halogens is 1. The topological polar surface area (TPSA) is 117 Å². The number of benzene rings is 2. The van der Waals surface area contributed by atoms with E-state index in [1.165, 1.54) is 36.5 Å². The largest absolute Gasteiger partial charge is 0.382 e. The molecule has 0 aliphatic carbocycles. The zero-order chi connectivity index (χ0) is 22.4. The van der Waals surface area contributed by atoms with Gasteiger partial charge < -0.3 is 15.0 Å². The van der Waals surface area contributed by atoms with Crippen LogP contribution in [0, 0.1) is 5.82 Å². The summed E-state index contributed by atoms with van der Waals surface area (Å²) in [6.45, 7) is 3.27. The summed E-state index contributed by atoms with van der Waals surface area (Å²) >= 11 is 0. The third-order valence-corrected chi connectivity index (χ3v) is 5.84. The predicted octanol–water partition coefficient (Wildman–Crippen LogP) is 2.62. The number of rotatable bonds is 9. The molecule has 0 saturated carbocycles. The molecule has 0 radical (unpaired) electrons. The lowest BCUT2D eigenvalue weighted by Gasteiger charge is -2.10. The Hall–Kier alpha value is -3.24. The zero-order valence-electron chi connectivity index (χ0n) is 16.8. The highest BCUT2D eigenvalue weighted by atomic mass is 32.2. The van der Waals surface area contributed by atoms with E-state index in [0.717, 1.165) is 12.1 Å². The van der Waals surface area contributed by atoms with E-state index in [1.54, 1.807) is 0 Å². The van der Waals surface area contributed by atoms with Crippen molar-refractivity contribution in [1.29, 1.82) is 0 Å². The first-order valence-corrected chi connectivity index (χ1v) is 11.1. The van der Waals surface area contributed by atoms with Gasteiger partial charge >= 0.3 is 0 Å². The highest BCUT2D eigenvalue weighted by Crippen LogP contribution is 2.21. The summed E-state index contributed by atoms with van der Waals surface area (Å²) in [5.41, 5.74) is -0.598. The molecule has 10 heteroatoms. The van der Waals surface area contributed by atoms with Gasteiger partial charge in [0, 0.05) is 36.9 Å². The molecule has 0 atom stereocenters.